The maximum absolute atomic E-state index is 13.9. The van der Waals surface area contributed by atoms with E-state index >= 15 is 0 Å². The van der Waals surface area contributed by atoms with Gasteiger partial charge in [-0.15, -0.1) is 0 Å². The largest absolute Gasteiger partial charge is 0.344 e. The standard InChI is InChI=1S/C15H19FN2O2/c1-15(2,3)13-14(20)18(9-8-12(19)17-13)11-7-5-4-6-10(11)16/h4-7,13H,8-9H2,1-3H3,(H,17,19). The highest BCUT2D eigenvalue weighted by atomic mass is 19.1. The molecule has 0 bridgehead atoms. The van der Waals surface area contributed by atoms with Crippen LogP contribution in [0.15, 0.2) is 24.3 Å². The predicted octanol–water partition coefficient (Wildman–Crippen LogP) is 2.09. The Balaban J connectivity index is 2.41. The Kier molecular flexibility index (Phi) is 3.79. The molecule has 1 aliphatic heterocycles. The van der Waals surface area contributed by atoms with Crippen LogP contribution in [0, 0.1) is 11.2 Å². The van der Waals surface area contributed by atoms with Crippen molar-refractivity contribution in [1.82, 2.24) is 5.32 Å². The highest BCUT2D eigenvalue weighted by Gasteiger charge is 2.38. The number of anilines is 1. The highest BCUT2D eigenvalue weighted by molar-refractivity contribution is 6.01. The van der Waals surface area contributed by atoms with E-state index in [0.717, 1.165) is 0 Å². The minimum Gasteiger partial charge on any atom is -0.344 e. The summed E-state index contributed by atoms with van der Waals surface area (Å²) in [6.07, 6.45) is 0.173. The summed E-state index contributed by atoms with van der Waals surface area (Å²) in [4.78, 5) is 25.8. The number of amides is 2. The van der Waals surface area contributed by atoms with Gasteiger partial charge < -0.3 is 10.2 Å². The van der Waals surface area contributed by atoms with E-state index < -0.39 is 17.3 Å². The number of nitrogens with one attached hydrogen (secondary N) is 1. The van der Waals surface area contributed by atoms with Crippen molar-refractivity contribution in [2.45, 2.75) is 33.2 Å². The molecule has 0 aromatic heterocycles. The third kappa shape index (κ3) is 2.81. The van der Waals surface area contributed by atoms with Gasteiger partial charge in [-0.3, -0.25) is 9.59 Å². The third-order valence-electron chi connectivity index (χ3n) is 3.39. The van der Waals surface area contributed by atoms with Crippen LogP contribution >= 0.6 is 0 Å². The lowest BCUT2D eigenvalue weighted by atomic mass is 9.86. The average molecular weight is 278 g/mol. The lowest BCUT2D eigenvalue weighted by molar-refractivity contribution is -0.127. The summed E-state index contributed by atoms with van der Waals surface area (Å²) < 4.78 is 13.9. The first kappa shape index (κ1) is 14.5. The van der Waals surface area contributed by atoms with Crippen LogP contribution in [0.5, 0.6) is 0 Å². The SMILES string of the molecule is CC(C)(C)C1NC(=O)CCN(c2ccccc2F)C1=O. The number of carbonyl (C=O) groups is 2. The van der Waals surface area contributed by atoms with Crippen molar-refractivity contribution in [1.29, 1.82) is 0 Å². The number of carbonyl (C=O) groups excluding carboxylic acids is 2. The second-order valence-corrected chi connectivity index (χ2v) is 6.06. The van der Waals surface area contributed by atoms with Crippen LogP contribution in [-0.4, -0.2) is 24.4 Å². The van der Waals surface area contributed by atoms with Gasteiger partial charge >= 0.3 is 0 Å². The molecule has 5 heteroatoms. The fourth-order valence-electron chi connectivity index (χ4n) is 2.27. The first-order valence-corrected chi connectivity index (χ1v) is 6.66. The van der Waals surface area contributed by atoms with Crippen LogP contribution in [0.3, 0.4) is 0 Å². The molecule has 1 atom stereocenters. The Morgan fingerprint density at radius 2 is 1.90 bits per heavy atom. The maximum atomic E-state index is 13.9. The van der Waals surface area contributed by atoms with E-state index in [2.05, 4.69) is 5.32 Å². The van der Waals surface area contributed by atoms with Crippen LogP contribution < -0.4 is 10.2 Å². The van der Waals surface area contributed by atoms with Gasteiger partial charge in [0, 0.05) is 13.0 Å². The fraction of sp³-hybridized carbons (Fsp3) is 0.467. The molecule has 1 fully saturated rings. The monoisotopic (exact) mass is 278 g/mol. The van der Waals surface area contributed by atoms with Crippen molar-refractivity contribution in [2.24, 2.45) is 5.41 Å². The van der Waals surface area contributed by atoms with E-state index in [1.807, 2.05) is 20.8 Å². The molecule has 1 aromatic carbocycles. The van der Waals surface area contributed by atoms with Gasteiger partial charge in [0.2, 0.25) is 11.8 Å². The molecule has 4 nitrogen and oxygen atoms in total. The molecule has 0 radical (unpaired) electrons. The lowest BCUT2D eigenvalue weighted by Crippen LogP contribution is -2.52. The van der Waals surface area contributed by atoms with Gasteiger partial charge in [-0.05, 0) is 17.5 Å². The zero-order chi connectivity index (χ0) is 14.9. The van der Waals surface area contributed by atoms with E-state index in [4.69, 9.17) is 0 Å². The van der Waals surface area contributed by atoms with E-state index in [0.29, 0.717) is 0 Å². The smallest absolute Gasteiger partial charge is 0.250 e. The molecule has 0 saturated carbocycles. The highest BCUT2D eigenvalue weighted by Crippen LogP contribution is 2.27. The van der Waals surface area contributed by atoms with Crippen molar-refractivity contribution >= 4 is 17.5 Å². The lowest BCUT2D eigenvalue weighted by Gasteiger charge is -2.32. The Morgan fingerprint density at radius 3 is 2.50 bits per heavy atom. The Hall–Kier alpha value is -1.91. The molecule has 1 saturated heterocycles. The quantitative estimate of drug-likeness (QED) is 0.855. The van der Waals surface area contributed by atoms with Gasteiger partial charge in [0.05, 0.1) is 5.69 Å². The van der Waals surface area contributed by atoms with Gasteiger partial charge in [-0.2, -0.15) is 0 Å². The molecule has 1 aromatic rings. The minimum atomic E-state index is -0.655. The summed E-state index contributed by atoms with van der Waals surface area (Å²) in [5.74, 6) is -0.909. The van der Waals surface area contributed by atoms with E-state index in [9.17, 15) is 14.0 Å². The van der Waals surface area contributed by atoms with Gasteiger partial charge in [0.25, 0.3) is 0 Å². The molecule has 1 unspecified atom stereocenters. The first-order valence-electron chi connectivity index (χ1n) is 6.66. The molecular formula is C15H19FN2O2. The summed E-state index contributed by atoms with van der Waals surface area (Å²) in [6, 6.07) is 5.47. The molecular weight excluding hydrogens is 259 g/mol. The third-order valence-corrected chi connectivity index (χ3v) is 3.39. The molecule has 2 amide bonds. The summed E-state index contributed by atoms with van der Waals surface area (Å²) in [6.45, 7) is 5.82. The number of rotatable bonds is 1. The number of hydrogen-bond donors (Lipinski definition) is 1. The summed E-state index contributed by atoms with van der Waals surface area (Å²) in [5.41, 5.74) is -0.205. The summed E-state index contributed by atoms with van der Waals surface area (Å²) in [7, 11) is 0. The molecule has 0 spiro atoms. The molecule has 2 rings (SSSR count). The van der Waals surface area contributed by atoms with Crippen LogP contribution in [0.25, 0.3) is 0 Å². The fourth-order valence-corrected chi connectivity index (χ4v) is 2.27. The second kappa shape index (κ2) is 5.23. The summed E-state index contributed by atoms with van der Waals surface area (Å²) in [5, 5.41) is 2.74. The van der Waals surface area contributed by atoms with Crippen molar-refractivity contribution in [3.05, 3.63) is 30.1 Å². The summed E-state index contributed by atoms with van der Waals surface area (Å²) >= 11 is 0. The normalized spacial score (nSPS) is 20.6. The van der Waals surface area contributed by atoms with Crippen LogP contribution in [0.4, 0.5) is 10.1 Å². The van der Waals surface area contributed by atoms with Crippen LogP contribution in [0.1, 0.15) is 27.2 Å². The van der Waals surface area contributed by atoms with Crippen LogP contribution in [-0.2, 0) is 9.59 Å². The molecule has 1 heterocycles. The molecule has 1 N–H and O–H groups in total. The zero-order valence-electron chi connectivity index (χ0n) is 11.9. The van der Waals surface area contributed by atoms with Gasteiger partial charge in [-0.1, -0.05) is 32.9 Å². The van der Waals surface area contributed by atoms with Crippen molar-refractivity contribution < 1.29 is 14.0 Å². The number of para-hydroxylation sites is 1. The van der Waals surface area contributed by atoms with Crippen LogP contribution in [0.2, 0.25) is 0 Å². The van der Waals surface area contributed by atoms with Crippen molar-refractivity contribution in [2.75, 3.05) is 11.4 Å². The van der Waals surface area contributed by atoms with Crippen molar-refractivity contribution in [3.8, 4) is 0 Å². The number of hydrogen-bond acceptors (Lipinski definition) is 2. The first-order chi connectivity index (χ1) is 9.30. The van der Waals surface area contributed by atoms with E-state index in [1.54, 1.807) is 18.2 Å². The number of nitrogens with zero attached hydrogens (tertiary/aromatic N) is 1. The number of halogens is 1. The van der Waals surface area contributed by atoms with Gasteiger partial charge in [-0.25, -0.2) is 4.39 Å². The van der Waals surface area contributed by atoms with E-state index in [-0.39, 0.29) is 30.5 Å². The number of benzene rings is 1. The second-order valence-electron chi connectivity index (χ2n) is 6.06. The van der Waals surface area contributed by atoms with Crippen molar-refractivity contribution in [3.63, 3.8) is 0 Å². The Bertz CT molecular complexity index is 537. The predicted molar refractivity (Wildman–Crippen MR) is 74.8 cm³/mol. The molecule has 0 aliphatic carbocycles. The topological polar surface area (TPSA) is 49.4 Å². The Labute approximate surface area is 118 Å². The molecule has 1 aliphatic rings. The maximum Gasteiger partial charge on any atom is 0.250 e. The Morgan fingerprint density at radius 1 is 1.25 bits per heavy atom. The van der Waals surface area contributed by atoms with Gasteiger partial charge in [0.1, 0.15) is 11.9 Å². The molecule has 108 valence electrons. The zero-order valence-corrected chi connectivity index (χ0v) is 11.9. The average Bonchev–Trinajstić information content (AvgIpc) is 2.50. The van der Waals surface area contributed by atoms with E-state index in [1.165, 1.54) is 11.0 Å². The molecule has 20 heavy (non-hydrogen) atoms. The van der Waals surface area contributed by atoms with Gasteiger partial charge in [0.15, 0.2) is 0 Å². The minimum absolute atomic E-state index is 0.173.